The lowest BCUT2D eigenvalue weighted by molar-refractivity contribution is -0.138. The van der Waals surface area contributed by atoms with Gasteiger partial charge in [0.25, 0.3) is 0 Å². The number of likely N-dealkylation sites (N-methyl/N-ethyl adjacent to an activating group) is 1. The van der Waals surface area contributed by atoms with E-state index in [0.717, 1.165) is 31.6 Å². The number of hydrogen-bond acceptors (Lipinski definition) is 5. The van der Waals surface area contributed by atoms with Crippen molar-refractivity contribution in [2.24, 2.45) is 0 Å². The summed E-state index contributed by atoms with van der Waals surface area (Å²) in [5.41, 5.74) is 1.63. The zero-order chi connectivity index (χ0) is 18.1. The SMILES string of the molecule is CN(C)CCN(Cc1ccc(C#N)cc1)C(=O)COC[C@@H]1CCCO1. The van der Waals surface area contributed by atoms with Crippen LogP contribution in [-0.4, -0.2) is 68.8 Å². The van der Waals surface area contributed by atoms with Crippen LogP contribution in [0.3, 0.4) is 0 Å². The van der Waals surface area contributed by atoms with Crippen LogP contribution in [0, 0.1) is 11.3 Å². The minimum Gasteiger partial charge on any atom is -0.376 e. The number of rotatable bonds is 9. The van der Waals surface area contributed by atoms with Crippen molar-refractivity contribution in [1.82, 2.24) is 9.80 Å². The topological polar surface area (TPSA) is 65.8 Å². The van der Waals surface area contributed by atoms with E-state index in [2.05, 4.69) is 6.07 Å². The van der Waals surface area contributed by atoms with Gasteiger partial charge < -0.3 is 19.3 Å². The molecule has 0 aromatic heterocycles. The van der Waals surface area contributed by atoms with Gasteiger partial charge in [0, 0.05) is 26.2 Å². The third-order valence-electron chi connectivity index (χ3n) is 4.18. The van der Waals surface area contributed by atoms with Crippen molar-refractivity contribution in [3.8, 4) is 6.07 Å². The molecular weight excluding hydrogens is 318 g/mol. The fourth-order valence-electron chi connectivity index (χ4n) is 2.66. The summed E-state index contributed by atoms with van der Waals surface area (Å²) in [6.45, 7) is 3.27. The first-order chi connectivity index (χ1) is 12.1. The lowest BCUT2D eigenvalue weighted by atomic mass is 10.1. The molecular formula is C19H27N3O3. The third kappa shape index (κ3) is 6.83. The summed E-state index contributed by atoms with van der Waals surface area (Å²) in [7, 11) is 3.97. The summed E-state index contributed by atoms with van der Waals surface area (Å²) in [6.07, 6.45) is 2.20. The number of carbonyl (C=O) groups is 1. The Bertz CT molecular complexity index is 575. The van der Waals surface area contributed by atoms with E-state index in [-0.39, 0.29) is 18.6 Å². The maximum atomic E-state index is 12.5. The first kappa shape index (κ1) is 19.4. The van der Waals surface area contributed by atoms with Crippen LogP contribution < -0.4 is 0 Å². The normalized spacial score (nSPS) is 16.8. The van der Waals surface area contributed by atoms with Crippen molar-refractivity contribution >= 4 is 5.91 Å². The highest BCUT2D eigenvalue weighted by atomic mass is 16.5. The highest BCUT2D eigenvalue weighted by Gasteiger charge is 2.18. The molecule has 0 radical (unpaired) electrons. The number of nitrogens with zero attached hydrogens (tertiary/aromatic N) is 3. The van der Waals surface area contributed by atoms with Gasteiger partial charge in [0.05, 0.1) is 24.3 Å². The number of hydrogen-bond donors (Lipinski definition) is 0. The van der Waals surface area contributed by atoms with Crippen molar-refractivity contribution in [2.45, 2.75) is 25.5 Å². The molecule has 1 aliphatic rings. The van der Waals surface area contributed by atoms with Crippen LogP contribution in [0.4, 0.5) is 0 Å². The molecule has 0 spiro atoms. The lowest BCUT2D eigenvalue weighted by Gasteiger charge is -2.25. The molecule has 1 aromatic rings. The van der Waals surface area contributed by atoms with E-state index in [1.807, 2.05) is 31.1 Å². The van der Waals surface area contributed by atoms with Crippen LogP contribution in [0.2, 0.25) is 0 Å². The molecule has 6 heteroatoms. The number of nitriles is 1. The second-order valence-electron chi connectivity index (χ2n) is 6.58. The highest BCUT2D eigenvalue weighted by Crippen LogP contribution is 2.12. The van der Waals surface area contributed by atoms with Gasteiger partial charge in [0.2, 0.25) is 5.91 Å². The van der Waals surface area contributed by atoms with E-state index < -0.39 is 0 Å². The highest BCUT2D eigenvalue weighted by molar-refractivity contribution is 5.77. The largest absolute Gasteiger partial charge is 0.376 e. The van der Waals surface area contributed by atoms with Gasteiger partial charge in [-0.25, -0.2) is 0 Å². The second kappa shape index (κ2) is 10.1. The molecule has 1 atom stereocenters. The molecule has 1 amide bonds. The van der Waals surface area contributed by atoms with Crippen molar-refractivity contribution < 1.29 is 14.3 Å². The molecule has 1 fully saturated rings. The standard InChI is InChI=1S/C19H27N3O3/c1-21(2)9-10-22(13-17-7-5-16(12-20)6-8-17)19(23)15-24-14-18-4-3-11-25-18/h5-8,18H,3-4,9-11,13-15H2,1-2H3/t18-/m0/s1. The molecule has 25 heavy (non-hydrogen) atoms. The predicted octanol–water partition coefficient (Wildman–Crippen LogP) is 1.64. The smallest absolute Gasteiger partial charge is 0.248 e. The average Bonchev–Trinajstić information content (AvgIpc) is 3.12. The summed E-state index contributed by atoms with van der Waals surface area (Å²) < 4.78 is 11.1. The Hall–Kier alpha value is -1.94. The van der Waals surface area contributed by atoms with Gasteiger partial charge in [-0.3, -0.25) is 4.79 Å². The molecule has 0 saturated carbocycles. The van der Waals surface area contributed by atoms with Crippen molar-refractivity contribution in [2.75, 3.05) is 47.0 Å². The van der Waals surface area contributed by atoms with Gasteiger partial charge in [-0.05, 0) is 44.6 Å². The first-order valence-electron chi connectivity index (χ1n) is 8.69. The van der Waals surface area contributed by atoms with E-state index >= 15 is 0 Å². The Balaban J connectivity index is 1.88. The van der Waals surface area contributed by atoms with E-state index in [0.29, 0.717) is 25.3 Å². The minimum atomic E-state index is -0.0239. The van der Waals surface area contributed by atoms with Crippen LogP contribution in [0.1, 0.15) is 24.0 Å². The van der Waals surface area contributed by atoms with Gasteiger partial charge in [0.1, 0.15) is 6.61 Å². The number of benzene rings is 1. The molecule has 0 aliphatic carbocycles. The maximum Gasteiger partial charge on any atom is 0.248 e. The van der Waals surface area contributed by atoms with Gasteiger partial charge >= 0.3 is 0 Å². The van der Waals surface area contributed by atoms with Crippen molar-refractivity contribution in [3.05, 3.63) is 35.4 Å². The number of carbonyl (C=O) groups excluding carboxylic acids is 1. The third-order valence-corrected chi connectivity index (χ3v) is 4.18. The van der Waals surface area contributed by atoms with Crippen molar-refractivity contribution in [1.29, 1.82) is 5.26 Å². The Morgan fingerprint density at radius 2 is 2.08 bits per heavy atom. The van der Waals surface area contributed by atoms with Crippen LogP contribution in [-0.2, 0) is 20.8 Å². The van der Waals surface area contributed by atoms with E-state index in [1.165, 1.54) is 0 Å². The summed E-state index contributed by atoms with van der Waals surface area (Å²) in [5.74, 6) is -0.0239. The molecule has 1 aliphatic heterocycles. The quantitative estimate of drug-likeness (QED) is 0.681. The van der Waals surface area contributed by atoms with Crippen LogP contribution in [0.15, 0.2) is 24.3 Å². The molecule has 6 nitrogen and oxygen atoms in total. The fraction of sp³-hybridized carbons (Fsp3) is 0.579. The number of amides is 1. The second-order valence-corrected chi connectivity index (χ2v) is 6.58. The minimum absolute atomic E-state index is 0.0239. The first-order valence-corrected chi connectivity index (χ1v) is 8.69. The molecule has 1 heterocycles. The Morgan fingerprint density at radius 3 is 2.68 bits per heavy atom. The fourth-order valence-corrected chi connectivity index (χ4v) is 2.66. The van der Waals surface area contributed by atoms with Crippen LogP contribution >= 0.6 is 0 Å². The molecule has 0 bridgehead atoms. The van der Waals surface area contributed by atoms with E-state index in [9.17, 15) is 4.79 Å². The Labute approximate surface area is 149 Å². The molecule has 136 valence electrons. The van der Waals surface area contributed by atoms with Gasteiger partial charge in [0.15, 0.2) is 0 Å². The van der Waals surface area contributed by atoms with Gasteiger partial charge in [-0.15, -0.1) is 0 Å². The van der Waals surface area contributed by atoms with Gasteiger partial charge in [-0.1, -0.05) is 12.1 Å². The zero-order valence-electron chi connectivity index (χ0n) is 15.1. The van der Waals surface area contributed by atoms with Crippen LogP contribution in [0.25, 0.3) is 0 Å². The molecule has 1 saturated heterocycles. The van der Waals surface area contributed by atoms with E-state index in [1.54, 1.807) is 17.0 Å². The molecule has 0 N–H and O–H groups in total. The zero-order valence-corrected chi connectivity index (χ0v) is 15.1. The van der Waals surface area contributed by atoms with Crippen molar-refractivity contribution in [3.63, 3.8) is 0 Å². The Kier molecular flexibility index (Phi) is 7.86. The van der Waals surface area contributed by atoms with E-state index in [4.69, 9.17) is 14.7 Å². The van der Waals surface area contributed by atoms with Gasteiger partial charge in [-0.2, -0.15) is 5.26 Å². The summed E-state index contributed by atoms with van der Waals surface area (Å²) >= 11 is 0. The molecule has 2 rings (SSSR count). The summed E-state index contributed by atoms with van der Waals surface area (Å²) in [5, 5.41) is 8.88. The summed E-state index contributed by atoms with van der Waals surface area (Å²) in [4.78, 5) is 16.4. The monoisotopic (exact) mass is 345 g/mol. The lowest BCUT2D eigenvalue weighted by Crippen LogP contribution is -2.38. The van der Waals surface area contributed by atoms with Crippen LogP contribution in [0.5, 0.6) is 0 Å². The summed E-state index contributed by atoms with van der Waals surface area (Å²) in [6, 6.07) is 9.44. The molecule has 1 aromatic carbocycles. The Morgan fingerprint density at radius 1 is 1.32 bits per heavy atom. The molecule has 0 unspecified atom stereocenters. The predicted molar refractivity (Wildman–Crippen MR) is 94.9 cm³/mol. The average molecular weight is 345 g/mol. The number of ether oxygens (including phenoxy) is 2. The maximum absolute atomic E-state index is 12.5.